The topological polar surface area (TPSA) is 75.3 Å². The van der Waals surface area contributed by atoms with Crippen LogP contribution < -0.4 is 11.1 Å². The number of amides is 1. The molecule has 13 heavy (non-hydrogen) atoms. The molecule has 0 saturated heterocycles. The van der Waals surface area contributed by atoms with E-state index >= 15 is 0 Å². The van der Waals surface area contributed by atoms with E-state index in [0.29, 0.717) is 25.8 Å². The van der Waals surface area contributed by atoms with Gasteiger partial charge in [0.2, 0.25) is 5.91 Å². The second-order valence-electron chi connectivity index (χ2n) is 3.38. The molecule has 1 amide bonds. The van der Waals surface area contributed by atoms with Gasteiger partial charge in [-0.15, -0.1) is 0 Å². The first kappa shape index (κ1) is 12.4. The number of rotatable bonds is 6. The quantitative estimate of drug-likeness (QED) is 0.549. The summed E-state index contributed by atoms with van der Waals surface area (Å²) in [4.78, 5) is 11.1. The third-order valence-electron chi connectivity index (χ3n) is 1.83. The van der Waals surface area contributed by atoms with Crippen molar-refractivity contribution >= 4 is 5.91 Å². The number of aliphatic hydroxyl groups excluding tert-OH is 1. The number of hydrogen-bond acceptors (Lipinski definition) is 3. The maximum absolute atomic E-state index is 11.1. The number of nitrogens with two attached hydrogens (primary N) is 1. The Bertz CT molecular complexity index is 149. The summed E-state index contributed by atoms with van der Waals surface area (Å²) < 4.78 is 0. The summed E-state index contributed by atoms with van der Waals surface area (Å²) in [5.41, 5.74) is 5.49. The van der Waals surface area contributed by atoms with Crippen LogP contribution in [-0.2, 0) is 4.79 Å². The van der Waals surface area contributed by atoms with E-state index in [1.54, 1.807) is 0 Å². The molecule has 0 aliphatic rings. The van der Waals surface area contributed by atoms with Gasteiger partial charge in [-0.2, -0.15) is 0 Å². The highest BCUT2D eigenvalue weighted by Crippen LogP contribution is 1.93. The molecule has 4 nitrogen and oxygen atoms in total. The van der Waals surface area contributed by atoms with E-state index in [1.165, 1.54) is 0 Å². The van der Waals surface area contributed by atoms with Crippen LogP contribution in [-0.4, -0.2) is 29.7 Å². The Morgan fingerprint density at radius 3 is 2.69 bits per heavy atom. The second-order valence-corrected chi connectivity index (χ2v) is 3.38. The first-order chi connectivity index (χ1) is 6.06. The van der Waals surface area contributed by atoms with E-state index in [4.69, 9.17) is 10.8 Å². The third kappa shape index (κ3) is 7.74. The molecule has 0 radical (unpaired) electrons. The summed E-state index contributed by atoms with van der Waals surface area (Å²) in [6.07, 6.45) is 1.36. The van der Waals surface area contributed by atoms with Crippen LogP contribution in [0.3, 0.4) is 0 Å². The van der Waals surface area contributed by atoms with Crippen molar-refractivity contribution in [2.75, 3.05) is 6.54 Å². The van der Waals surface area contributed by atoms with Gasteiger partial charge in [-0.1, -0.05) is 6.92 Å². The average molecular weight is 188 g/mol. The summed E-state index contributed by atoms with van der Waals surface area (Å²) in [7, 11) is 0. The molecule has 0 rings (SSSR count). The van der Waals surface area contributed by atoms with Gasteiger partial charge in [0.15, 0.2) is 0 Å². The monoisotopic (exact) mass is 188 g/mol. The zero-order valence-electron chi connectivity index (χ0n) is 8.42. The molecule has 0 saturated carbocycles. The summed E-state index contributed by atoms with van der Waals surface area (Å²) in [5.74, 6) is -0.0372. The van der Waals surface area contributed by atoms with Gasteiger partial charge in [0.25, 0.3) is 0 Å². The highest BCUT2D eigenvalue weighted by atomic mass is 16.3. The van der Waals surface area contributed by atoms with Gasteiger partial charge in [0, 0.05) is 19.0 Å². The van der Waals surface area contributed by atoms with Crippen LogP contribution in [0.15, 0.2) is 0 Å². The predicted molar refractivity (Wildman–Crippen MR) is 52.2 cm³/mol. The minimum atomic E-state index is -0.431. The molecule has 0 spiro atoms. The van der Waals surface area contributed by atoms with Crippen LogP contribution >= 0.6 is 0 Å². The maximum Gasteiger partial charge on any atom is 0.220 e. The molecule has 0 bridgehead atoms. The second kappa shape index (κ2) is 6.86. The Morgan fingerprint density at radius 1 is 1.62 bits per heavy atom. The minimum absolute atomic E-state index is 0.0372. The molecule has 0 aliphatic carbocycles. The van der Waals surface area contributed by atoms with E-state index in [0.717, 1.165) is 0 Å². The Kier molecular flexibility index (Phi) is 6.54. The van der Waals surface area contributed by atoms with E-state index in [-0.39, 0.29) is 11.9 Å². The molecule has 78 valence electrons. The first-order valence-corrected chi connectivity index (χ1v) is 4.76. The largest absolute Gasteiger partial charge is 0.391 e. The van der Waals surface area contributed by atoms with Crippen LogP contribution in [0.2, 0.25) is 0 Å². The van der Waals surface area contributed by atoms with E-state index in [1.807, 2.05) is 13.8 Å². The smallest absolute Gasteiger partial charge is 0.220 e. The Labute approximate surface area is 79.5 Å². The van der Waals surface area contributed by atoms with Crippen molar-refractivity contribution in [2.45, 2.75) is 45.3 Å². The highest BCUT2D eigenvalue weighted by Gasteiger charge is 2.05. The number of carbonyl (C=O) groups excluding carboxylic acids is 1. The zero-order valence-corrected chi connectivity index (χ0v) is 8.42. The minimum Gasteiger partial charge on any atom is -0.391 e. The zero-order chi connectivity index (χ0) is 10.3. The van der Waals surface area contributed by atoms with Crippen LogP contribution in [0.25, 0.3) is 0 Å². The number of nitrogens with one attached hydrogen (secondary N) is 1. The molecule has 2 unspecified atom stereocenters. The summed E-state index contributed by atoms with van der Waals surface area (Å²) in [6, 6.07) is 0.0573. The van der Waals surface area contributed by atoms with E-state index in [2.05, 4.69) is 5.32 Å². The number of hydrogen-bond donors (Lipinski definition) is 3. The lowest BCUT2D eigenvalue weighted by atomic mass is 10.2. The van der Waals surface area contributed by atoms with Crippen molar-refractivity contribution in [1.29, 1.82) is 0 Å². The number of aliphatic hydroxyl groups is 1. The first-order valence-electron chi connectivity index (χ1n) is 4.76. The molecular formula is C9H20N2O2. The van der Waals surface area contributed by atoms with Gasteiger partial charge in [-0.3, -0.25) is 4.79 Å². The third-order valence-corrected chi connectivity index (χ3v) is 1.83. The lowest BCUT2D eigenvalue weighted by molar-refractivity contribution is -0.121. The molecule has 0 aromatic rings. The fourth-order valence-electron chi connectivity index (χ4n) is 0.823. The lowest BCUT2D eigenvalue weighted by Crippen LogP contribution is -2.32. The average Bonchev–Trinajstić information content (AvgIpc) is 2.10. The van der Waals surface area contributed by atoms with Crippen molar-refractivity contribution < 1.29 is 9.90 Å². The molecule has 0 aromatic heterocycles. The SMILES string of the molecule is CCC(O)CNC(=O)CCC(C)N. The fraction of sp³-hybridized carbons (Fsp3) is 0.889. The van der Waals surface area contributed by atoms with Gasteiger partial charge in [0.1, 0.15) is 0 Å². The lowest BCUT2D eigenvalue weighted by Gasteiger charge is -2.09. The Balaban J connectivity index is 3.40. The fourth-order valence-corrected chi connectivity index (χ4v) is 0.823. The molecular weight excluding hydrogens is 168 g/mol. The normalized spacial score (nSPS) is 15.1. The molecule has 4 heteroatoms. The molecule has 0 aliphatic heterocycles. The van der Waals surface area contributed by atoms with Gasteiger partial charge in [-0.25, -0.2) is 0 Å². The van der Waals surface area contributed by atoms with Crippen molar-refractivity contribution in [3.05, 3.63) is 0 Å². The Hall–Kier alpha value is -0.610. The van der Waals surface area contributed by atoms with Crippen molar-refractivity contribution in [3.63, 3.8) is 0 Å². The van der Waals surface area contributed by atoms with Crippen LogP contribution in [0, 0.1) is 0 Å². The van der Waals surface area contributed by atoms with Crippen molar-refractivity contribution in [3.8, 4) is 0 Å². The summed E-state index contributed by atoms with van der Waals surface area (Å²) in [5, 5.41) is 11.8. The maximum atomic E-state index is 11.1. The molecule has 0 heterocycles. The van der Waals surface area contributed by atoms with Crippen LogP contribution in [0.4, 0.5) is 0 Å². The van der Waals surface area contributed by atoms with Gasteiger partial charge >= 0.3 is 0 Å². The Morgan fingerprint density at radius 2 is 2.23 bits per heavy atom. The highest BCUT2D eigenvalue weighted by molar-refractivity contribution is 5.75. The summed E-state index contributed by atoms with van der Waals surface area (Å²) in [6.45, 7) is 4.08. The molecule has 0 fully saturated rings. The van der Waals surface area contributed by atoms with Crippen LogP contribution in [0.1, 0.15) is 33.1 Å². The molecule has 0 aromatic carbocycles. The number of carbonyl (C=O) groups is 1. The standard InChI is InChI=1S/C9H20N2O2/c1-3-8(12)6-11-9(13)5-4-7(2)10/h7-8,12H,3-6,10H2,1-2H3,(H,11,13). The van der Waals surface area contributed by atoms with E-state index < -0.39 is 6.10 Å². The van der Waals surface area contributed by atoms with E-state index in [9.17, 15) is 4.79 Å². The molecule has 4 N–H and O–H groups in total. The van der Waals surface area contributed by atoms with Crippen molar-refractivity contribution in [1.82, 2.24) is 5.32 Å². The summed E-state index contributed by atoms with van der Waals surface area (Å²) >= 11 is 0. The van der Waals surface area contributed by atoms with Gasteiger partial charge in [-0.05, 0) is 19.8 Å². The van der Waals surface area contributed by atoms with Crippen molar-refractivity contribution in [2.24, 2.45) is 5.73 Å². The van der Waals surface area contributed by atoms with Gasteiger partial charge < -0.3 is 16.2 Å². The van der Waals surface area contributed by atoms with Crippen LogP contribution in [0.5, 0.6) is 0 Å². The van der Waals surface area contributed by atoms with Gasteiger partial charge in [0.05, 0.1) is 6.10 Å². The molecule has 2 atom stereocenters. The predicted octanol–water partition coefficient (Wildman–Crippen LogP) is 0.000900.